The number of nitrogens with one attached hydrogen (secondary N) is 1. The molecule has 0 fully saturated rings. The summed E-state index contributed by atoms with van der Waals surface area (Å²) >= 11 is 6.19. The molecule has 5 aromatic rings. The van der Waals surface area contributed by atoms with Crippen molar-refractivity contribution < 1.29 is 19.6 Å². The fourth-order valence-electron chi connectivity index (χ4n) is 5.25. The molecule has 216 valence electrons. The van der Waals surface area contributed by atoms with E-state index in [-0.39, 0.29) is 12.3 Å². The molecular formula is C31H28BClN6O4. The number of ether oxygens (including phenoxy) is 1. The third-order valence-electron chi connectivity index (χ3n) is 7.43. The van der Waals surface area contributed by atoms with Gasteiger partial charge in [-0.25, -0.2) is 0 Å². The lowest BCUT2D eigenvalue weighted by Gasteiger charge is -2.14. The maximum absolute atomic E-state index is 13.3. The zero-order valence-corrected chi connectivity index (χ0v) is 24.3. The number of aliphatic imine (C=N–C) groups is 1. The summed E-state index contributed by atoms with van der Waals surface area (Å²) in [5, 5.41) is 32.0. The Kier molecular flexibility index (Phi) is 7.94. The van der Waals surface area contributed by atoms with Crippen LogP contribution in [0.1, 0.15) is 40.8 Å². The van der Waals surface area contributed by atoms with Crippen LogP contribution in [0.2, 0.25) is 5.02 Å². The van der Waals surface area contributed by atoms with E-state index in [4.69, 9.17) is 21.3 Å². The van der Waals surface area contributed by atoms with Gasteiger partial charge in [0.25, 0.3) is 0 Å². The van der Waals surface area contributed by atoms with E-state index in [2.05, 4.69) is 20.5 Å². The van der Waals surface area contributed by atoms with Crippen molar-refractivity contribution in [3.8, 4) is 11.4 Å². The Morgan fingerprint density at radius 2 is 1.88 bits per heavy atom. The standard InChI is InChI=1S/C31H28BClN6O4/c1-18-37-38-31-27(16-29(40)34-12-11-19-3-4-21-14-22(32(41)42)17-35-26(21)13-19)36-30(20-5-7-23(33)8-6-20)25-15-24(43-2)9-10-28(25)39(18)31/h3-10,13-15,17,27,41-42H,11-12,16H2,1-2H3,(H,34,40)/t27-/m0/s1. The molecule has 0 bridgehead atoms. The number of hydrogen-bond acceptors (Lipinski definition) is 8. The molecule has 1 aliphatic heterocycles. The lowest BCUT2D eigenvalue weighted by molar-refractivity contribution is -0.121. The van der Waals surface area contributed by atoms with E-state index in [0.717, 1.165) is 33.3 Å². The molecule has 3 heterocycles. The van der Waals surface area contributed by atoms with E-state index in [1.54, 1.807) is 13.2 Å². The minimum Gasteiger partial charge on any atom is -0.497 e. The monoisotopic (exact) mass is 594 g/mol. The number of amides is 1. The number of carbonyl (C=O) groups is 1. The molecule has 0 spiro atoms. The van der Waals surface area contributed by atoms with Crippen molar-refractivity contribution in [3.63, 3.8) is 0 Å². The zero-order valence-electron chi connectivity index (χ0n) is 23.5. The number of rotatable bonds is 8. The van der Waals surface area contributed by atoms with Gasteiger partial charge in [-0.3, -0.25) is 19.3 Å². The quantitative estimate of drug-likeness (QED) is 0.235. The number of benzene rings is 3. The number of methoxy groups -OCH3 is 1. The van der Waals surface area contributed by atoms with Crippen LogP contribution >= 0.6 is 11.6 Å². The number of nitrogens with zero attached hydrogens (tertiary/aromatic N) is 5. The molecule has 3 N–H and O–H groups in total. The van der Waals surface area contributed by atoms with Crippen LogP contribution in [-0.4, -0.2) is 62.2 Å². The van der Waals surface area contributed by atoms with Crippen molar-refractivity contribution >= 4 is 46.7 Å². The zero-order chi connectivity index (χ0) is 30.1. The Labute approximate surface area is 253 Å². The molecule has 3 aromatic carbocycles. The highest BCUT2D eigenvalue weighted by Gasteiger charge is 2.30. The molecule has 0 aliphatic carbocycles. The van der Waals surface area contributed by atoms with Crippen molar-refractivity contribution in [2.24, 2.45) is 4.99 Å². The lowest BCUT2D eigenvalue weighted by atomic mass is 9.81. The van der Waals surface area contributed by atoms with E-state index in [1.165, 1.54) is 6.20 Å². The Bertz CT molecular complexity index is 1860. The molecule has 12 heteroatoms. The van der Waals surface area contributed by atoms with Gasteiger partial charge < -0.3 is 20.1 Å². The molecule has 6 rings (SSSR count). The number of aromatic nitrogens is 4. The molecule has 1 aliphatic rings. The fourth-order valence-corrected chi connectivity index (χ4v) is 5.38. The highest BCUT2D eigenvalue weighted by atomic mass is 35.5. The molecular weight excluding hydrogens is 567 g/mol. The van der Waals surface area contributed by atoms with Crippen molar-refractivity contribution in [1.82, 2.24) is 25.1 Å². The average molecular weight is 595 g/mol. The molecule has 0 saturated carbocycles. The van der Waals surface area contributed by atoms with Crippen LogP contribution < -0.4 is 15.5 Å². The third-order valence-corrected chi connectivity index (χ3v) is 7.68. The van der Waals surface area contributed by atoms with Gasteiger partial charge in [-0.1, -0.05) is 41.9 Å². The Balaban J connectivity index is 1.25. The second kappa shape index (κ2) is 12.0. The van der Waals surface area contributed by atoms with Gasteiger partial charge >= 0.3 is 7.12 Å². The Morgan fingerprint density at radius 3 is 2.65 bits per heavy atom. The number of pyridine rings is 1. The number of carbonyl (C=O) groups excluding carboxylic acids is 1. The first-order valence-electron chi connectivity index (χ1n) is 13.8. The predicted octanol–water partition coefficient (Wildman–Crippen LogP) is 3.11. The van der Waals surface area contributed by atoms with Gasteiger partial charge in [-0.05, 0) is 60.7 Å². The van der Waals surface area contributed by atoms with Crippen LogP contribution in [0.5, 0.6) is 5.75 Å². The van der Waals surface area contributed by atoms with Gasteiger partial charge in [-0.2, -0.15) is 0 Å². The molecule has 0 saturated heterocycles. The summed E-state index contributed by atoms with van der Waals surface area (Å²) in [5.74, 6) is 1.78. The molecule has 43 heavy (non-hydrogen) atoms. The molecule has 0 unspecified atom stereocenters. The van der Waals surface area contributed by atoms with Crippen LogP contribution in [-0.2, 0) is 11.2 Å². The second-order valence-electron chi connectivity index (χ2n) is 10.3. The maximum Gasteiger partial charge on any atom is 0.490 e. The first-order chi connectivity index (χ1) is 20.8. The highest BCUT2D eigenvalue weighted by molar-refractivity contribution is 6.58. The van der Waals surface area contributed by atoms with E-state index in [0.29, 0.717) is 46.6 Å². The smallest absolute Gasteiger partial charge is 0.490 e. The maximum atomic E-state index is 13.3. The van der Waals surface area contributed by atoms with Crippen molar-refractivity contribution in [2.75, 3.05) is 13.7 Å². The Hall–Kier alpha value is -4.58. The second-order valence-corrected chi connectivity index (χ2v) is 10.7. The summed E-state index contributed by atoms with van der Waals surface area (Å²) in [4.78, 5) is 22.7. The molecule has 10 nitrogen and oxygen atoms in total. The fraction of sp³-hybridized carbons (Fsp3) is 0.194. The number of aryl methyl sites for hydroxylation is 1. The molecule has 1 amide bonds. The number of fused-ring (bicyclic) bond motifs is 4. The van der Waals surface area contributed by atoms with E-state index in [9.17, 15) is 14.8 Å². The summed E-state index contributed by atoms with van der Waals surface area (Å²) in [6, 6.07) is 20.1. The largest absolute Gasteiger partial charge is 0.497 e. The van der Waals surface area contributed by atoms with E-state index < -0.39 is 13.2 Å². The summed E-state index contributed by atoms with van der Waals surface area (Å²) in [6.45, 7) is 2.29. The van der Waals surface area contributed by atoms with Crippen molar-refractivity contribution in [3.05, 3.63) is 106 Å². The number of hydrogen-bond donors (Lipinski definition) is 3. The van der Waals surface area contributed by atoms with Gasteiger partial charge in [-0.15, -0.1) is 10.2 Å². The summed E-state index contributed by atoms with van der Waals surface area (Å²) in [5.41, 5.74) is 5.30. The van der Waals surface area contributed by atoms with E-state index >= 15 is 0 Å². The van der Waals surface area contributed by atoms with E-state index in [1.807, 2.05) is 72.2 Å². The van der Waals surface area contributed by atoms with Crippen LogP contribution in [0.3, 0.4) is 0 Å². The lowest BCUT2D eigenvalue weighted by Crippen LogP contribution is -2.30. The third kappa shape index (κ3) is 5.87. The van der Waals surface area contributed by atoms with Gasteiger partial charge in [0.2, 0.25) is 5.91 Å². The van der Waals surface area contributed by atoms with Crippen LogP contribution in [0.15, 0.2) is 77.9 Å². The SMILES string of the molecule is COc1ccc2c(c1)C(c1ccc(Cl)cc1)=N[C@@H](CC(=O)NCCc1ccc3cc(B(O)O)cnc3c1)c1nnc(C)n1-2. The van der Waals surface area contributed by atoms with Crippen molar-refractivity contribution in [1.29, 1.82) is 0 Å². The molecule has 1 atom stereocenters. The van der Waals surface area contributed by atoms with Crippen LogP contribution in [0.4, 0.5) is 0 Å². The minimum atomic E-state index is -1.57. The van der Waals surface area contributed by atoms with Gasteiger partial charge in [0, 0.05) is 34.4 Å². The topological polar surface area (TPSA) is 135 Å². The van der Waals surface area contributed by atoms with Crippen LogP contribution in [0, 0.1) is 6.92 Å². The predicted molar refractivity (Wildman–Crippen MR) is 165 cm³/mol. The Morgan fingerprint density at radius 1 is 1.07 bits per heavy atom. The minimum absolute atomic E-state index is 0.0753. The summed E-state index contributed by atoms with van der Waals surface area (Å²) in [7, 11) is 0.0500. The van der Waals surface area contributed by atoms with Gasteiger partial charge in [0.05, 0.1) is 30.4 Å². The average Bonchev–Trinajstić information content (AvgIpc) is 3.33. The first kappa shape index (κ1) is 28.5. The van der Waals surface area contributed by atoms with Gasteiger partial charge in [0.1, 0.15) is 17.6 Å². The normalized spacial score (nSPS) is 14.0. The summed E-state index contributed by atoms with van der Waals surface area (Å²) < 4.78 is 7.48. The molecule has 2 aromatic heterocycles. The highest BCUT2D eigenvalue weighted by Crippen LogP contribution is 2.34. The summed E-state index contributed by atoms with van der Waals surface area (Å²) in [6.07, 6.45) is 2.11. The first-order valence-corrected chi connectivity index (χ1v) is 14.1. The van der Waals surface area contributed by atoms with Crippen molar-refractivity contribution in [2.45, 2.75) is 25.8 Å². The van der Waals surface area contributed by atoms with Gasteiger partial charge in [0.15, 0.2) is 5.82 Å². The van der Waals surface area contributed by atoms with Crippen LogP contribution in [0.25, 0.3) is 16.6 Å². The number of halogens is 1. The molecule has 0 radical (unpaired) electrons.